The molecule has 1 fully saturated rings. The Bertz CT molecular complexity index is 258. The molecule has 1 aliphatic rings. The summed E-state index contributed by atoms with van der Waals surface area (Å²) in [5, 5.41) is 3.13. The number of nitrogens with one attached hydrogen (secondary N) is 1. The largest absolute Gasteiger partial charge is 0.352 e. The van der Waals surface area contributed by atoms with E-state index in [0.29, 0.717) is 6.04 Å². The van der Waals surface area contributed by atoms with Gasteiger partial charge in [0, 0.05) is 6.04 Å². The van der Waals surface area contributed by atoms with E-state index >= 15 is 0 Å². The zero-order valence-electron chi connectivity index (χ0n) is 12.9. The highest BCUT2D eigenvalue weighted by Crippen LogP contribution is 2.28. The number of hydrogen-bond acceptors (Lipinski definition) is 3. The maximum atomic E-state index is 11.9. The molecule has 1 rings (SSSR count). The number of thioether (sulfide) groups is 1. The molecule has 3 nitrogen and oxygen atoms in total. The van der Waals surface area contributed by atoms with Gasteiger partial charge in [-0.25, -0.2) is 0 Å². The summed E-state index contributed by atoms with van der Waals surface area (Å²) >= 11 is 1.74. The van der Waals surface area contributed by atoms with Gasteiger partial charge in [0.1, 0.15) is 0 Å². The number of halogens is 1. The highest BCUT2D eigenvalue weighted by molar-refractivity contribution is 7.98. The van der Waals surface area contributed by atoms with Gasteiger partial charge in [0.15, 0.2) is 0 Å². The van der Waals surface area contributed by atoms with Gasteiger partial charge in [-0.2, -0.15) is 11.8 Å². The van der Waals surface area contributed by atoms with Crippen LogP contribution >= 0.6 is 24.2 Å². The second-order valence-electron chi connectivity index (χ2n) is 5.76. The fourth-order valence-electron chi connectivity index (χ4n) is 2.77. The van der Waals surface area contributed by atoms with Crippen LogP contribution in [0.3, 0.4) is 0 Å². The van der Waals surface area contributed by atoms with Crippen LogP contribution in [0.4, 0.5) is 0 Å². The monoisotopic (exact) mass is 322 g/mol. The van der Waals surface area contributed by atoms with Crippen LogP contribution in [0.15, 0.2) is 0 Å². The van der Waals surface area contributed by atoms with Gasteiger partial charge in [0.2, 0.25) is 5.91 Å². The van der Waals surface area contributed by atoms with E-state index in [2.05, 4.69) is 12.2 Å². The molecule has 0 saturated heterocycles. The molecular formula is C15H31ClN2OS. The molecule has 0 aromatic carbocycles. The Kier molecular flexibility index (Phi) is 11.7. The topological polar surface area (TPSA) is 55.1 Å². The summed E-state index contributed by atoms with van der Waals surface area (Å²) in [6.45, 7) is 2.25. The van der Waals surface area contributed by atoms with Crippen LogP contribution in [0, 0.1) is 5.92 Å². The number of hydrogen-bond donors (Lipinski definition) is 2. The number of rotatable bonds is 8. The number of unbranched alkanes of at least 4 members (excludes halogenated alkanes) is 1. The van der Waals surface area contributed by atoms with Crippen molar-refractivity contribution < 1.29 is 4.79 Å². The molecule has 1 amide bonds. The fourth-order valence-corrected chi connectivity index (χ4v) is 3.26. The minimum Gasteiger partial charge on any atom is -0.352 e. The fraction of sp³-hybridized carbons (Fsp3) is 0.933. The first-order valence-corrected chi connectivity index (χ1v) is 9.11. The Balaban J connectivity index is 0.00000361. The van der Waals surface area contributed by atoms with Gasteiger partial charge in [0.05, 0.1) is 6.04 Å². The lowest BCUT2D eigenvalue weighted by atomic mass is 9.83. The van der Waals surface area contributed by atoms with E-state index in [1.54, 1.807) is 11.8 Å². The predicted molar refractivity (Wildman–Crippen MR) is 91.6 cm³/mol. The molecule has 0 unspecified atom stereocenters. The van der Waals surface area contributed by atoms with Crippen LogP contribution in [0.2, 0.25) is 0 Å². The highest BCUT2D eigenvalue weighted by atomic mass is 35.5. The third kappa shape index (κ3) is 7.75. The van der Waals surface area contributed by atoms with Crippen LogP contribution in [0.1, 0.15) is 58.3 Å². The number of nitrogens with two attached hydrogens (primary N) is 1. The molecule has 0 aliphatic heterocycles. The summed E-state index contributed by atoms with van der Waals surface area (Å²) in [6, 6.07) is 0.0379. The van der Waals surface area contributed by atoms with E-state index in [4.69, 9.17) is 5.73 Å². The predicted octanol–water partition coefficient (Wildman–Crippen LogP) is 3.35. The third-order valence-corrected chi connectivity index (χ3v) is 4.77. The second kappa shape index (κ2) is 11.7. The van der Waals surface area contributed by atoms with Gasteiger partial charge >= 0.3 is 0 Å². The Morgan fingerprint density at radius 3 is 2.55 bits per heavy atom. The van der Waals surface area contributed by atoms with Crippen molar-refractivity contribution in [3.8, 4) is 0 Å². The first-order valence-electron chi connectivity index (χ1n) is 7.72. The van der Waals surface area contributed by atoms with Crippen molar-refractivity contribution in [1.82, 2.24) is 5.32 Å². The molecule has 0 aromatic rings. The molecule has 120 valence electrons. The molecular weight excluding hydrogens is 292 g/mol. The van der Waals surface area contributed by atoms with Gasteiger partial charge in [-0.3, -0.25) is 4.79 Å². The maximum Gasteiger partial charge on any atom is 0.237 e. The van der Waals surface area contributed by atoms with Crippen molar-refractivity contribution >= 4 is 30.1 Å². The Morgan fingerprint density at radius 1 is 1.35 bits per heavy atom. The molecule has 20 heavy (non-hydrogen) atoms. The van der Waals surface area contributed by atoms with E-state index in [0.717, 1.165) is 30.9 Å². The third-order valence-electron chi connectivity index (χ3n) is 4.13. The van der Waals surface area contributed by atoms with Crippen molar-refractivity contribution in [3.05, 3.63) is 0 Å². The minimum atomic E-state index is -0.328. The standard InChI is InChI=1S/C15H30N2OS.ClH/c1-3-4-5-12-6-8-13(9-7-12)17-15(18)14(16)10-11-19-2;/h12-14H,3-11,16H2,1-2H3,(H,17,18);1H/t12?,13?,14-;/m0./s1. The summed E-state index contributed by atoms with van der Waals surface area (Å²) in [6.07, 6.45) is 11.6. The lowest BCUT2D eigenvalue weighted by Crippen LogP contribution is -2.46. The molecule has 0 heterocycles. The Labute approximate surface area is 134 Å². The minimum absolute atomic E-state index is 0. The van der Waals surface area contributed by atoms with Crippen LogP contribution in [-0.4, -0.2) is 30.0 Å². The van der Waals surface area contributed by atoms with Crippen molar-refractivity contribution in [2.45, 2.75) is 70.4 Å². The quantitative estimate of drug-likeness (QED) is 0.720. The van der Waals surface area contributed by atoms with E-state index in [1.165, 1.54) is 32.1 Å². The van der Waals surface area contributed by atoms with E-state index < -0.39 is 0 Å². The molecule has 0 aromatic heterocycles. The van der Waals surface area contributed by atoms with Gasteiger partial charge in [-0.05, 0) is 50.0 Å². The Morgan fingerprint density at radius 2 is 2.00 bits per heavy atom. The average molecular weight is 323 g/mol. The van der Waals surface area contributed by atoms with E-state index in [-0.39, 0.29) is 24.4 Å². The second-order valence-corrected chi connectivity index (χ2v) is 6.74. The first kappa shape index (κ1) is 20.1. The van der Waals surface area contributed by atoms with Crippen molar-refractivity contribution in [2.75, 3.05) is 12.0 Å². The SMILES string of the molecule is CCCCC1CCC(NC(=O)[C@@H](N)CCSC)CC1.Cl. The average Bonchev–Trinajstić information content (AvgIpc) is 2.43. The summed E-state index contributed by atoms with van der Waals surface area (Å²) in [7, 11) is 0. The smallest absolute Gasteiger partial charge is 0.237 e. The summed E-state index contributed by atoms with van der Waals surface area (Å²) in [5.74, 6) is 1.89. The van der Waals surface area contributed by atoms with Crippen molar-refractivity contribution in [3.63, 3.8) is 0 Å². The van der Waals surface area contributed by atoms with Gasteiger partial charge in [0.25, 0.3) is 0 Å². The molecule has 0 bridgehead atoms. The zero-order chi connectivity index (χ0) is 14.1. The molecule has 0 radical (unpaired) electrons. The van der Waals surface area contributed by atoms with Gasteiger partial charge in [-0.15, -0.1) is 12.4 Å². The van der Waals surface area contributed by atoms with Crippen molar-refractivity contribution in [2.24, 2.45) is 11.7 Å². The van der Waals surface area contributed by atoms with E-state index in [1.807, 2.05) is 6.26 Å². The molecule has 1 atom stereocenters. The molecule has 1 aliphatic carbocycles. The summed E-state index contributed by atoms with van der Waals surface area (Å²) in [4.78, 5) is 11.9. The number of amides is 1. The summed E-state index contributed by atoms with van der Waals surface area (Å²) < 4.78 is 0. The van der Waals surface area contributed by atoms with Gasteiger partial charge in [-0.1, -0.05) is 26.2 Å². The normalized spacial score (nSPS) is 23.8. The first-order chi connectivity index (χ1) is 9.17. The lowest BCUT2D eigenvalue weighted by Gasteiger charge is -2.29. The molecule has 0 spiro atoms. The van der Waals surface area contributed by atoms with Crippen LogP contribution in [0.5, 0.6) is 0 Å². The lowest BCUT2D eigenvalue weighted by molar-refractivity contribution is -0.123. The van der Waals surface area contributed by atoms with E-state index in [9.17, 15) is 4.79 Å². The summed E-state index contributed by atoms with van der Waals surface area (Å²) in [5.41, 5.74) is 5.89. The van der Waals surface area contributed by atoms with Crippen molar-refractivity contribution in [1.29, 1.82) is 0 Å². The van der Waals surface area contributed by atoms with Gasteiger partial charge < -0.3 is 11.1 Å². The zero-order valence-corrected chi connectivity index (χ0v) is 14.5. The molecule has 5 heteroatoms. The maximum absolute atomic E-state index is 11.9. The number of carbonyl (C=O) groups excluding carboxylic acids is 1. The van der Waals surface area contributed by atoms with Crippen LogP contribution < -0.4 is 11.1 Å². The highest BCUT2D eigenvalue weighted by Gasteiger charge is 2.23. The number of carbonyl (C=O) groups is 1. The molecule has 1 saturated carbocycles. The van der Waals surface area contributed by atoms with Crippen LogP contribution in [0.25, 0.3) is 0 Å². The Hall–Kier alpha value is 0.0700. The van der Waals surface area contributed by atoms with Crippen LogP contribution in [-0.2, 0) is 4.79 Å². The molecule has 3 N–H and O–H groups in total.